The molecule has 0 aliphatic carbocycles. The summed E-state index contributed by atoms with van der Waals surface area (Å²) in [5, 5.41) is 7.44. The number of pyridine rings is 1. The van der Waals surface area contributed by atoms with Gasteiger partial charge >= 0.3 is 5.82 Å². The van der Waals surface area contributed by atoms with Gasteiger partial charge in [0.1, 0.15) is 12.3 Å². The number of aromatic nitrogens is 5. The molecule has 0 bridgehead atoms. The second-order valence-corrected chi connectivity index (χ2v) is 7.95. The van der Waals surface area contributed by atoms with Crippen molar-refractivity contribution < 1.29 is 19.0 Å². The lowest BCUT2D eigenvalue weighted by Crippen LogP contribution is -2.39. The number of carbonyl (C=O) groups is 1. The molecule has 1 saturated heterocycles. The van der Waals surface area contributed by atoms with Gasteiger partial charge in [-0.3, -0.25) is 9.48 Å². The van der Waals surface area contributed by atoms with Gasteiger partial charge in [0.2, 0.25) is 0 Å². The minimum absolute atomic E-state index is 0.113. The number of hydrogen-bond donors (Lipinski definition) is 1. The lowest BCUT2D eigenvalue weighted by Gasteiger charge is -2.25. The molecule has 3 aromatic heterocycles. The number of nitrogens with one attached hydrogen (secondary N) is 1. The van der Waals surface area contributed by atoms with Crippen molar-refractivity contribution >= 4 is 5.91 Å². The molecule has 9 heteroatoms. The minimum Gasteiger partial charge on any atom is -0.348 e. The highest BCUT2D eigenvalue weighted by atomic mass is 16.7. The fourth-order valence-electron chi connectivity index (χ4n) is 3.60. The Morgan fingerprint density at radius 1 is 1.43 bits per heavy atom. The number of hydrogen-bond acceptors (Lipinski definition) is 5. The molecule has 9 nitrogen and oxygen atoms in total. The third-order valence-corrected chi connectivity index (χ3v) is 5.02. The first kappa shape index (κ1) is 20.2. The Morgan fingerprint density at radius 2 is 2.27 bits per heavy atom. The van der Waals surface area contributed by atoms with Crippen molar-refractivity contribution in [3.63, 3.8) is 0 Å². The van der Waals surface area contributed by atoms with Crippen LogP contribution < -0.4 is 4.68 Å². The van der Waals surface area contributed by atoms with Crippen LogP contribution in [0, 0.1) is 6.92 Å². The van der Waals surface area contributed by atoms with Crippen LogP contribution in [0.4, 0.5) is 0 Å². The summed E-state index contributed by atoms with van der Waals surface area (Å²) in [5.74, 6) is -0.0452. The SMILES string of the molecule is Cc1cc(CN(C[C@@H]2COC(C)(C)O2)C(=O)c2ccc(-[n+]3ccc[nH]3)nc2)n(C)n1. The van der Waals surface area contributed by atoms with E-state index >= 15 is 0 Å². The van der Waals surface area contributed by atoms with E-state index in [1.807, 2.05) is 58.4 Å². The Bertz CT molecular complexity index is 1010. The van der Waals surface area contributed by atoms with E-state index in [0.29, 0.717) is 31.1 Å². The van der Waals surface area contributed by atoms with Crippen LogP contribution in [0.15, 0.2) is 42.9 Å². The first-order chi connectivity index (χ1) is 14.3. The van der Waals surface area contributed by atoms with Crippen molar-refractivity contribution in [2.75, 3.05) is 13.2 Å². The van der Waals surface area contributed by atoms with Crippen molar-refractivity contribution in [1.29, 1.82) is 0 Å². The first-order valence-corrected chi connectivity index (χ1v) is 9.93. The van der Waals surface area contributed by atoms with Crippen molar-refractivity contribution in [3.05, 3.63) is 59.8 Å². The van der Waals surface area contributed by atoms with E-state index in [9.17, 15) is 4.79 Å². The van der Waals surface area contributed by atoms with Crippen LogP contribution in [-0.4, -0.2) is 55.7 Å². The van der Waals surface area contributed by atoms with Gasteiger partial charge in [0.15, 0.2) is 12.0 Å². The summed E-state index contributed by atoms with van der Waals surface area (Å²) in [6.07, 6.45) is 5.08. The lowest BCUT2D eigenvalue weighted by atomic mass is 10.2. The van der Waals surface area contributed by atoms with Crippen molar-refractivity contribution in [3.8, 4) is 5.82 Å². The number of nitrogens with zero attached hydrogens (tertiary/aromatic N) is 5. The monoisotopic (exact) mass is 411 g/mol. The maximum atomic E-state index is 13.4. The highest BCUT2D eigenvalue weighted by molar-refractivity contribution is 5.94. The number of H-pyrrole nitrogens is 1. The largest absolute Gasteiger partial charge is 0.348 e. The molecule has 0 radical (unpaired) electrons. The Kier molecular flexibility index (Phi) is 5.40. The third kappa shape index (κ3) is 4.42. The zero-order valence-electron chi connectivity index (χ0n) is 17.7. The van der Waals surface area contributed by atoms with Gasteiger partial charge in [0.05, 0.1) is 36.6 Å². The average molecular weight is 411 g/mol. The average Bonchev–Trinajstić information content (AvgIpc) is 3.42. The first-order valence-electron chi connectivity index (χ1n) is 9.93. The van der Waals surface area contributed by atoms with Crippen LogP contribution in [0.5, 0.6) is 0 Å². The van der Waals surface area contributed by atoms with E-state index in [-0.39, 0.29) is 12.0 Å². The molecule has 4 heterocycles. The molecule has 1 atom stereocenters. The Labute approximate surface area is 175 Å². The number of aryl methyl sites for hydroxylation is 2. The molecule has 0 spiro atoms. The van der Waals surface area contributed by atoms with Crippen molar-refractivity contribution in [2.24, 2.45) is 7.05 Å². The number of ether oxygens (including phenoxy) is 2. The maximum absolute atomic E-state index is 13.4. The molecule has 1 aliphatic rings. The molecule has 4 rings (SSSR count). The van der Waals surface area contributed by atoms with Gasteiger partial charge in [-0.2, -0.15) is 5.10 Å². The molecule has 1 aliphatic heterocycles. The van der Waals surface area contributed by atoms with Gasteiger partial charge in [0.25, 0.3) is 5.91 Å². The van der Waals surface area contributed by atoms with Gasteiger partial charge in [-0.25, -0.2) is 5.10 Å². The van der Waals surface area contributed by atoms with Crippen molar-refractivity contribution in [2.45, 2.75) is 39.2 Å². The maximum Gasteiger partial charge on any atom is 0.346 e. The van der Waals surface area contributed by atoms with Crippen LogP contribution in [0.25, 0.3) is 5.82 Å². The van der Waals surface area contributed by atoms with Gasteiger partial charge in [-0.15, -0.1) is 4.68 Å². The second-order valence-electron chi connectivity index (χ2n) is 7.95. The molecule has 0 saturated carbocycles. The molecule has 1 N–H and O–H groups in total. The molecular weight excluding hydrogens is 384 g/mol. The zero-order chi connectivity index (χ0) is 21.3. The summed E-state index contributed by atoms with van der Waals surface area (Å²) >= 11 is 0. The van der Waals surface area contributed by atoms with E-state index in [2.05, 4.69) is 15.2 Å². The van der Waals surface area contributed by atoms with E-state index < -0.39 is 5.79 Å². The van der Waals surface area contributed by atoms with Crippen LogP contribution in [-0.2, 0) is 23.1 Å². The Balaban J connectivity index is 1.56. The fraction of sp³-hybridized carbons (Fsp3) is 0.429. The minimum atomic E-state index is -0.640. The summed E-state index contributed by atoms with van der Waals surface area (Å²) in [4.78, 5) is 19.5. The standard InChI is InChI=1S/C21H26N6O3/c1-15-10-17(25(4)24-15)12-26(13-18-14-29-21(2,3)30-18)20(28)16-6-7-19(22-11-16)27-9-5-8-23-27/h5-11,18H,12-14H2,1-4H3/p+1/t18-/m1/s1. The van der Waals surface area contributed by atoms with E-state index in [1.165, 1.54) is 0 Å². The van der Waals surface area contributed by atoms with E-state index in [4.69, 9.17) is 9.47 Å². The number of amides is 1. The third-order valence-electron chi connectivity index (χ3n) is 5.02. The molecule has 0 aromatic carbocycles. The number of carbonyl (C=O) groups excluding carboxylic acids is 1. The smallest absolute Gasteiger partial charge is 0.346 e. The normalized spacial score (nSPS) is 17.9. The number of aromatic amines is 1. The predicted molar refractivity (Wildman–Crippen MR) is 108 cm³/mol. The fourth-order valence-corrected chi connectivity index (χ4v) is 3.60. The highest BCUT2D eigenvalue weighted by Crippen LogP contribution is 2.24. The van der Waals surface area contributed by atoms with Gasteiger partial charge in [-0.05, 0) is 44.0 Å². The van der Waals surface area contributed by atoms with Crippen LogP contribution in [0.1, 0.15) is 35.6 Å². The second kappa shape index (κ2) is 8.00. The predicted octanol–water partition coefficient (Wildman–Crippen LogP) is 1.52. The molecule has 30 heavy (non-hydrogen) atoms. The quantitative estimate of drug-likeness (QED) is 0.622. The molecule has 1 fully saturated rings. The molecular formula is C21H27N6O3+. The van der Waals surface area contributed by atoms with Crippen LogP contribution in [0.3, 0.4) is 0 Å². The summed E-state index contributed by atoms with van der Waals surface area (Å²) in [6, 6.07) is 7.47. The Hall–Kier alpha value is -3.04. The van der Waals surface area contributed by atoms with Gasteiger partial charge in [-0.1, -0.05) is 0 Å². The summed E-state index contributed by atoms with van der Waals surface area (Å²) in [7, 11) is 1.88. The molecule has 158 valence electrons. The molecule has 1 amide bonds. The highest BCUT2D eigenvalue weighted by Gasteiger charge is 2.35. The van der Waals surface area contributed by atoms with E-state index in [1.54, 1.807) is 26.5 Å². The van der Waals surface area contributed by atoms with E-state index in [0.717, 1.165) is 11.4 Å². The topological polar surface area (TPSA) is 89.2 Å². The van der Waals surface area contributed by atoms with Crippen LogP contribution >= 0.6 is 0 Å². The molecule has 0 unspecified atom stereocenters. The van der Waals surface area contributed by atoms with Crippen molar-refractivity contribution in [1.82, 2.24) is 24.8 Å². The van der Waals surface area contributed by atoms with Crippen LogP contribution in [0.2, 0.25) is 0 Å². The zero-order valence-corrected chi connectivity index (χ0v) is 17.7. The lowest BCUT2D eigenvalue weighted by molar-refractivity contribution is -0.658. The number of rotatable bonds is 6. The summed E-state index contributed by atoms with van der Waals surface area (Å²) < 4.78 is 15.2. The Morgan fingerprint density at radius 3 is 2.83 bits per heavy atom. The summed E-state index contributed by atoms with van der Waals surface area (Å²) in [5.41, 5.74) is 2.38. The summed E-state index contributed by atoms with van der Waals surface area (Å²) in [6.45, 7) is 6.98. The van der Waals surface area contributed by atoms with Gasteiger partial charge < -0.3 is 14.4 Å². The van der Waals surface area contributed by atoms with Gasteiger partial charge in [0, 0.05) is 19.3 Å². The molecule has 3 aromatic rings.